The molecule has 1 aromatic rings. The average molecular weight is 292 g/mol. The molecule has 118 valence electrons. The topological polar surface area (TPSA) is 64.3 Å². The lowest BCUT2D eigenvalue weighted by Gasteiger charge is -2.14. The quantitative estimate of drug-likeness (QED) is 0.512. The van der Waals surface area contributed by atoms with Crippen molar-refractivity contribution in [2.75, 3.05) is 12.3 Å². The molecule has 0 radical (unpaired) electrons. The van der Waals surface area contributed by atoms with E-state index in [0.717, 1.165) is 6.42 Å². The molecule has 1 aromatic carbocycles. The number of nitrogens with one attached hydrogen (secondary N) is 1. The fraction of sp³-hybridized carbons (Fsp3) is 0.588. The molecule has 0 bridgehead atoms. The van der Waals surface area contributed by atoms with Gasteiger partial charge in [0.05, 0.1) is 13.0 Å². The van der Waals surface area contributed by atoms with Gasteiger partial charge in [-0.1, -0.05) is 38.7 Å². The third-order valence-corrected chi connectivity index (χ3v) is 3.35. The van der Waals surface area contributed by atoms with Gasteiger partial charge in [-0.25, -0.2) is 0 Å². The highest BCUT2D eigenvalue weighted by Gasteiger charge is 2.07. The standard InChI is InChI=1S/C17H28N2O2/c1-3-4-5-6-8-14(2)19-17(20)11-12-21-16-10-7-9-15(18)13-16/h7,9-10,13-14H,3-6,8,11-12,18H2,1-2H3,(H,19,20). The van der Waals surface area contributed by atoms with Crippen molar-refractivity contribution in [3.05, 3.63) is 24.3 Å². The van der Waals surface area contributed by atoms with Crippen LogP contribution in [0, 0.1) is 0 Å². The van der Waals surface area contributed by atoms with Crippen molar-refractivity contribution >= 4 is 11.6 Å². The van der Waals surface area contributed by atoms with Crippen LogP contribution in [0.4, 0.5) is 5.69 Å². The molecular formula is C17H28N2O2. The Balaban J connectivity index is 2.13. The minimum absolute atomic E-state index is 0.0434. The van der Waals surface area contributed by atoms with E-state index < -0.39 is 0 Å². The monoisotopic (exact) mass is 292 g/mol. The summed E-state index contributed by atoms with van der Waals surface area (Å²) in [6.07, 6.45) is 6.34. The summed E-state index contributed by atoms with van der Waals surface area (Å²) in [5, 5.41) is 3.01. The van der Waals surface area contributed by atoms with Crippen LogP contribution in [-0.2, 0) is 4.79 Å². The van der Waals surface area contributed by atoms with Gasteiger partial charge in [-0.15, -0.1) is 0 Å². The third kappa shape index (κ3) is 8.23. The van der Waals surface area contributed by atoms with Crippen LogP contribution < -0.4 is 15.8 Å². The Morgan fingerprint density at radius 1 is 1.33 bits per heavy atom. The molecule has 21 heavy (non-hydrogen) atoms. The molecule has 0 aromatic heterocycles. The first-order valence-corrected chi connectivity index (χ1v) is 7.89. The van der Waals surface area contributed by atoms with E-state index in [2.05, 4.69) is 19.2 Å². The minimum Gasteiger partial charge on any atom is -0.493 e. The second kappa shape index (κ2) is 10.1. The fourth-order valence-corrected chi connectivity index (χ4v) is 2.16. The van der Waals surface area contributed by atoms with E-state index >= 15 is 0 Å². The predicted molar refractivity (Wildman–Crippen MR) is 87.3 cm³/mol. The fourth-order valence-electron chi connectivity index (χ4n) is 2.16. The SMILES string of the molecule is CCCCCCC(C)NC(=O)CCOc1cccc(N)c1. The molecule has 0 spiro atoms. The summed E-state index contributed by atoms with van der Waals surface area (Å²) in [6.45, 7) is 4.63. The van der Waals surface area contributed by atoms with Crippen LogP contribution >= 0.6 is 0 Å². The first-order valence-electron chi connectivity index (χ1n) is 7.89. The van der Waals surface area contributed by atoms with Crippen molar-refractivity contribution in [2.24, 2.45) is 0 Å². The van der Waals surface area contributed by atoms with Gasteiger partial charge in [-0.2, -0.15) is 0 Å². The largest absolute Gasteiger partial charge is 0.493 e. The number of amides is 1. The Morgan fingerprint density at radius 3 is 2.86 bits per heavy atom. The number of benzene rings is 1. The molecular weight excluding hydrogens is 264 g/mol. The molecule has 0 aliphatic carbocycles. The van der Waals surface area contributed by atoms with Crippen LogP contribution in [0.5, 0.6) is 5.75 Å². The van der Waals surface area contributed by atoms with E-state index in [9.17, 15) is 4.79 Å². The van der Waals surface area contributed by atoms with E-state index in [4.69, 9.17) is 10.5 Å². The van der Waals surface area contributed by atoms with Gasteiger partial charge in [0, 0.05) is 17.8 Å². The maximum absolute atomic E-state index is 11.8. The summed E-state index contributed by atoms with van der Waals surface area (Å²) < 4.78 is 5.51. The number of anilines is 1. The summed E-state index contributed by atoms with van der Waals surface area (Å²) in [7, 11) is 0. The van der Waals surface area contributed by atoms with Crippen molar-refractivity contribution in [2.45, 2.75) is 58.4 Å². The first kappa shape index (κ1) is 17.3. The van der Waals surface area contributed by atoms with E-state index in [1.807, 2.05) is 12.1 Å². The van der Waals surface area contributed by atoms with Crippen molar-refractivity contribution in [1.82, 2.24) is 5.32 Å². The number of hydrogen-bond donors (Lipinski definition) is 2. The number of carbonyl (C=O) groups is 1. The highest BCUT2D eigenvalue weighted by Crippen LogP contribution is 2.14. The summed E-state index contributed by atoms with van der Waals surface area (Å²) in [4.78, 5) is 11.8. The molecule has 1 unspecified atom stereocenters. The van der Waals surface area contributed by atoms with Crippen molar-refractivity contribution in [3.63, 3.8) is 0 Å². The van der Waals surface area contributed by atoms with Gasteiger partial charge in [0.25, 0.3) is 0 Å². The van der Waals surface area contributed by atoms with Crippen LogP contribution in [-0.4, -0.2) is 18.6 Å². The Labute approximate surface area is 128 Å². The van der Waals surface area contributed by atoms with Gasteiger partial charge in [-0.05, 0) is 25.5 Å². The second-order valence-corrected chi connectivity index (χ2v) is 5.49. The van der Waals surface area contributed by atoms with Crippen LogP contribution in [0.25, 0.3) is 0 Å². The van der Waals surface area contributed by atoms with Crippen LogP contribution in [0.3, 0.4) is 0 Å². The number of ether oxygens (including phenoxy) is 1. The van der Waals surface area contributed by atoms with Gasteiger partial charge in [0.1, 0.15) is 5.75 Å². The van der Waals surface area contributed by atoms with Crippen LogP contribution in [0.2, 0.25) is 0 Å². The summed E-state index contributed by atoms with van der Waals surface area (Å²) in [5.74, 6) is 0.748. The summed E-state index contributed by atoms with van der Waals surface area (Å²) >= 11 is 0. The van der Waals surface area contributed by atoms with E-state index in [-0.39, 0.29) is 11.9 Å². The molecule has 1 rings (SSSR count). The molecule has 3 N–H and O–H groups in total. The molecule has 0 saturated heterocycles. The molecule has 1 atom stereocenters. The Kier molecular flexibility index (Phi) is 8.32. The molecule has 0 saturated carbocycles. The van der Waals surface area contributed by atoms with Crippen molar-refractivity contribution < 1.29 is 9.53 Å². The molecule has 4 heteroatoms. The van der Waals surface area contributed by atoms with Gasteiger partial charge in [0.15, 0.2) is 0 Å². The van der Waals surface area contributed by atoms with Gasteiger partial charge in [0.2, 0.25) is 5.91 Å². The van der Waals surface area contributed by atoms with Crippen molar-refractivity contribution in [3.8, 4) is 5.75 Å². The van der Waals surface area contributed by atoms with Crippen LogP contribution in [0.1, 0.15) is 52.4 Å². The van der Waals surface area contributed by atoms with E-state index in [1.54, 1.807) is 12.1 Å². The highest BCUT2D eigenvalue weighted by molar-refractivity contribution is 5.76. The molecule has 1 amide bonds. The van der Waals surface area contributed by atoms with E-state index in [1.165, 1.54) is 25.7 Å². The Hall–Kier alpha value is -1.71. The average Bonchev–Trinajstić information content (AvgIpc) is 2.43. The lowest BCUT2D eigenvalue weighted by molar-refractivity contribution is -0.122. The number of carbonyl (C=O) groups excluding carboxylic acids is 1. The van der Waals surface area contributed by atoms with Crippen molar-refractivity contribution in [1.29, 1.82) is 0 Å². The first-order chi connectivity index (χ1) is 10.1. The number of hydrogen-bond acceptors (Lipinski definition) is 3. The minimum atomic E-state index is 0.0434. The van der Waals surface area contributed by atoms with Crippen LogP contribution in [0.15, 0.2) is 24.3 Å². The molecule has 0 heterocycles. The normalized spacial score (nSPS) is 11.9. The lowest BCUT2D eigenvalue weighted by Crippen LogP contribution is -2.33. The zero-order chi connectivity index (χ0) is 15.5. The summed E-state index contributed by atoms with van der Waals surface area (Å²) in [5.41, 5.74) is 6.33. The maximum atomic E-state index is 11.8. The highest BCUT2D eigenvalue weighted by atomic mass is 16.5. The van der Waals surface area contributed by atoms with Gasteiger partial charge in [-0.3, -0.25) is 4.79 Å². The Bertz CT molecular complexity index is 421. The number of nitrogens with two attached hydrogens (primary N) is 1. The number of nitrogen functional groups attached to an aromatic ring is 1. The zero-order valence-electron chi connectivity index (χ0n) is 13.2. The molecule has 4 nitrogen and oxygen atoms in total. The zero-order valence-corrected chi connectivity index (χ0v) is 13.2. The lowest BCUT2D eigenvalue weighted by atomic mass is 10.1. The third-order valence-electron chi connectivity index (χ3n) is 3.35. The predicted octanol–water partition coefficient (Wildman–Crippen LogP) is 3.51. The smallest absolute Gasteiger partial charge is 0.223 e. The van der Waals surface area contributed by atoms with Gasteiger partial charge >= 0.3 is 0 Å². The maximum Gasteiger partial charge on any atom is 0.223 e. The van der Waals surface area contributed by atoms with Gasteiger partial charge < -0.3 is 15.8 Å². The summed E-state index contributed by atoms with van der Waals surface area (Å²) in [6, 6.07) is 7.48. The molecule has 0 aliphatic heterocycles. The molecule has 0 aliphatic rings. The number of rotatable bonds is 10. The second-order valence-electron chi connectivity index (χ2n) is 5.49. The Morgan fingerprint density at radius 2 is 2.14 bits per heavy atom. The van der Waals surface area contributed by atoms with E-state index in [0.29, 0.717) is 24.5 Å². The number of unbranched alkanes of at least 4 members (excludes halogenated alkanes) is 3. The molecule has 0 fully saturated rings.